The molecule has 0 aliphatic carbocycles. The highest BCUT2D eigenvalue weighted by Crippen LogP contribution is 2.49. The van der Waals surface area contributed by atoms with Gasteiger partial charge in [0.2, 0.25) is 0 Å². The quantitative estimate of drug-likeness (QED) is 0.142. The standard InChI is InChI=1S/C68H48N4/c1-6-22-45(23-7-1)62-61(63(46-24-8-2-9-25-46)65(48-28-12-4-13-29-48)69-64(62)47-26-10-3-11-27-47)52-33-21-35-54(43-52)68-71-66(49-30-14-5-15-31-49)70-67(72-68)53-34-20-32-50(42-53)51-40-41-59-57-38-17-16-36-55(57)56-37-18-19-39-58(56)60(59)44-51/h1-44,66-67,70H,(H,71,72). The SMILES string of the molecule is c1ccc(-c2nc(-c3ccccc3)c(-c3ccccc3)c(-c3cccc(C4=NC(c5ccccc5)NC(c5cccc(-c6ccc7c8ccccc8c8ccccc8c7c6)c5)N4)c3)c2-c2ccccc2)cc1. The van der Waals surface area contributed by atoms with Crippen LogP contribution in [0.4, 0.5) is 0 Å². The smallest absolute Gasteiger partial charge is 0.131 e. The average Bonchev–Trinajstić information content (AvgIpc) is 3.47. The van der Waals surface area contributed by atoms with E-state index >= 15 is 0 Å². The Kier molecular flexibility index (Phi) is 11.1. The molecule has 2 N–H and O–H groups in total. The van der Waals surface area contributed by atoms with Crippen molar-refractivity contribution in [2.45, 2.75) is 12.3 Å². The van der Waals surface area contributed by atoms with Crippen LogP contribution in [0.2, 0.25) is 0 Å². The molecule has 0 radical (unpaired) electrons. The molecule has 0 amide bonds. The molecular weight excluding hydrogens is 873 g/mol. The second kappa shape index (κ2) is 18.6. The molecule has 0 bridgehead atoms. The maximum Gasteiger partial charge on any atom is 0.131 e. The molecule has 4 heteroatoms. The zero-order chi connectivity index (χ0) is 47.8. The Morgan fingerprint density at radius 3 is 1.26 bits per heavy atom. The fraction of sp³-hybridized carbons (Fsp3) is 0.0294. The Bertz CT molecular complexity index is 3830. The van der Waals surface area contributed by atoms with Crippen LogP contribution in [-0.2, 0) is 0 Å². The minimum atomic E-state index is -0.310. The molecule has 0 saturated heterocycles. The molecule has 72 heavy (non-hydrogen) atoms. The molecule has 0 saturated carbocycles. The van der Waals surface area contributed by atoms with Crippen LogP contribution >= 0.6 is 0 Å². The van der Waals surface area contributed by atoms with Crippen LogP contribution in [0.25, 0.3) is 99.3 Å². The Morgan fingerprint density at radius 1 is 0.278 bits per heavy atom. The maximum absolute atomic E-state index is 5.68. The minimum Gasteiger partial charge on any atom is -0.350 e. The van der Waals surface area contributed by atoms with Gasteiger partial charge in [-0.3, -0.25) is 5.32 Å². The first-order valence-corrected chi connectivity index (χ1v) is 24.7. The van der Waals surface area contributed by atoms with Gasteiger partial charge in [0.05, 0.1) is 11.4 Å². The van der Waals surface area contributed by atoms with E-state index in [1.54, 1.807) is 0 Å². The second-order valence-corrected chi connectivity index (χ2v) is 18.5. The lowest BCUT2D eigenvalue weighted by molar-refractivity contribution is 0.409. The van der Waals surface area contributed by atoms with Crippen LogP contribution in [0.15, 0.2) is 272 Å². The third-order valence-corrected chi connectivity index (χ3v) is 14.1. The van der Waals surface area contributed by atoms with E-state index in [2.05, 4.69) is 278 Å². The molecular formula is C68H48N4. The lowest BCUT2D eigenvalue weighted by Crippen LogP contribution is -2.45. The average molecular weight is 921 g/mol. The van der Waals surface area contributed by atoms with Crippen molar-refractivity contribution in [1.82, 2.24) is 15.6 Å². The van der Waals surface area contributed by atoms with Crippen LogP contribution in [0.5, 0.6) is 0 Å². The maximum atomic E-state index is 5.68. The zero-order valence-corrected chi connectivity index (χ0v) is 39.5. The van der Waals surface area contributed by atoms with Crippen LogP contribution in [0.1, 0.15) is 29.0 Å². The fourth-order valence-electron chi connectivity index (χ4n) is 10.7. The minimum absolute atomic E-state index is 0.258. The third-order valence-electron chi connectivity index (χ3n) is 14.1. The predicted molar refractivity (Wildman–Crippen MR) is 301 cm³/mol. The number of hydrogen-bond acceptors (Lipinski definition) is 4. The number of hydrogen-bond donors (Lipinski definition) is 2. The molecule has 13 rings (SSSR count). The van der Waals surface area contributed by atoms with Gasteiger partial charge in [-0.25, -0.2) is 9.98 Å². The summed E-state index contributed by atoms with van der Waals surface area (Å²) in [5.74, 6) is 0.812. The van der Waals surface area contributed by atoms with Gasteiger partial charge >= 0.3 is 0 Å². The van der Waals surface area contributed by atoms with Crippen LogP contribution in [0.3, 0.4) is 0 Å². The van der Waals surface area contributed by atoms with E-state index in [1.807, 2.05) is 0 Å². The zero-order valence-electron chi connectivity index (χ0n) is 39.5. The van der Waals surface area contributed by atoms with Gasteiger partial charge < -0.3 is 5.32 Å². The normalized spacial score (nSPS) is 14.5. The highest BCUT2D eigenvalue weighted by Gasteiger charge is 2.28. The third kappa shape index (κ3) is 7.90. The molecule has 0 fully saturated rings. The first-order valence-electron chi connectivity index (χ1n) is 24.7. The van der Waals surface area contributed by atoms with Crippen molar-refractivity contribution in [2.75, 3.05) is 0 Å². The van der Waals surface area contributed by atoms with Crippen molar-refractivity contribution in [3.05, 3.63) is 284 Å². The van der Waals surface area contributed by atoms with E-state index in [4.69, 9.17) is 9.98 Å². The molecule has 340 valence electrons. The summed E-state index contributed by atoms with van der Waals surface area (Å²) in [6.45, 7) is 0. The van der Waals surface area contributed by atoms with Gasteiger partial charge in [-0.1, -0.05) is 249 Å². The van der Waals surface area contributed by atoms with Crippen LogP contribution in [0, 0.1) is 0 Å². The van der Waals surface area contributed by atoms with Crippen molar-refractivity contribution in [2.24, 2.45) is 4.99 Å². The van der Waals surface area contributed by atoms with E-state index in [1.165, 1.54) is 37.9 Å². The largest absolute Gasteiger partial charge is 0.350 e. The van der Waals surface area contributed by atoms with Crippen LogP contribution < -0.4 is 10.6 Å². The molecule has 12 aromatic rings. The highest BCUT2D eigenvalue weighted by molar-refractivity contribution is 6.25. The summed E-state index contributed by atoms with van der Waals surface area (Å²) < 4.78 is 0. The number of amidine groups is 1. The van der Waals surface area contributed by atoms with E-state index in [0.717, 1.165) is 84.0 Å². The van der Waals surface area contributed by atoms with Gasteiger partial charge in [-0.2, -0.15) is 0 Å². The lowest BCUT2D eigenvalue weighted by Gasteiger charge is -2.32. The van der Waals surface area contributed by atoms with Gasteiger partial charge in [0.15, 0.2) is 0 Å². The number of aliphatic imine (C=N–C) groups is 1. The number of fused-ring (bicyclic) bond motifs is 6. The molecule has 4 nitrogen and oxygen atoms in total. The molecule has 1 aliphatic heterocycles. The van der Waals surface area contributed by atoms with E-state index < -0.39 is 0 Å². The van der Waals surface area contributed by atoms with Crippen molar-refractivity contribution < 1.29 is 0 Å². The number of benzene rings is 11. The summed E-state index contributed by atoms with van der Waals surface area (Å²) in [7, 11) is 0. The van der Waals surface area contributed by atoms with Crippen LogP contribution in [-0.4, -0.2) is 10.8 Å². The number of rotatable bonds is 9. The lowest BCUT2D eigenvalue weighted by atomic mass is 9.83. The van der Waals surface area contributed by atoms with Gasteiger partial charge in [-0.15, -0.1) is 0 Å². The molecule has 2 heterocycles. The number of nitrogens with zero attached hydrogens (tertiary/aromatic N) is 2. The summed E-state index contributed by atoms with van der Waals surface area (Å²) >= 11 is 0. The molecule has 0 spiro atoms. The Morgan fingerprint density at radius 2 is 0.694 bits per heavy atom. The van der Waals surface area contributed by atoms with Gasteiger partial charge in [0, 0.05) is 33.4 Å². The van der Waals surface area contributed by atoms with E-state index in [-0.39, 0.29) is 12.3 Å². The predicted octanol–water partition coefficient (Wildman–Crippen LogP) is 16.9. The fourth-order valence-corrected chi connectivity index (χ4v) is 10.7. The van der Waals surface area contributed by atoms with Gasteiger partial charge in [0.25, 0.3) is 0 Å². The van der Waals surface area contributed by atoms with Crippen molar-refractivity contribution in [3.63, 3.8) is 0 Å². The van der Waals surface area contributed by atoms with Gasteiger partial charge in [-0.05, 0) is 89.5 Å². The first-order chi connectivity index (χ1) is 35.7. The summed E-state index contributed by atoms with van der Waals surface area (Å²) in [6, 6.07) is 95.5. The number of pyridine rings is 1. The summed E-state index contributed by atoms with van der Waals surface area (Å²) in [4.78, 5) is 11.2. The monoisotopic (exact) mass is 920 g/mol. The summed E-state index contributed by atoms with van der Waals surface area (Å²) in [5.41, 5.74) is 16.0. The molecule has 1 aliphatic rings. The second-order valence-electron chi connectivity index (χ2n) is 18.5. The summed E-state index contributed by atoms with van der Waals surface area (Å²) in [5, 5.41) is 15.4. The van der Waals surface area contributed by atoms with Crippen molar-refractivity contribution >= 4 is 38.2 Å². The first kappa shape index (κ1) is 42.8. The van der Waals surface area contributed by atoms with Gasteiger partial charge in [0.1, 0.15) is 18.2 Å². The highest BCUT2D eigenvalue weighted by atomic mass is 15.3. The molecule has 11 aromatic carbocycles. The Hall–Kier alpha value is -9.22. The van der Waals surface area contributed by atoms with E-state index in [0.29, 0.717) is 0 Å². The number of nitrogens with one attached hydrogen (secondary N) is 2. The number of aromatic nitrogens is 1. The molecule has 2 atom stereocenters. The molecule has 1 aromatic heterocycles. The van der Waals surface area contributed by atoms with E-state index in [9.17, 15) is 0 Å². The molecule has 2 unspecified atom stereocenters. The van der Waals surface area contributed by atoms with Crippen molar-refractivity contribution in [1.29, 1.82) is 0 Å². The Labute approximate surface area is 419 Å². The topological polar surface area (TPSA) is 49.3 Å². The summed E-state index contributed by atoms with van der Waals surface area (Å²) in [6.07, 6.45) is -0.568. The Balaban J connectivity index is 0.969. The van der Waals surface area contributed by atoms with Crippen molar-refractivity contribution in [3.8, 4) is 67.0 Å².